The Hall–Kier alpha value is -1.22. The molecule has 0 bridgehead atoms. The van der Waals surface area contributed by atoms with E-state index in [1.807, 2.05) is 0 Å². The second-order valence-electron chi connectivity index (χ2n) is 2.15. The SMILES string of the molecule is O=c1o[nH]c2c(Cl)cccc12. The molecule has 0 aliphatic carbocycles. The molecule has 56 valence electrons. The van der Waals surface area contributed by atoms with E-state index in [0.717, 1.165) is 0 Å². The van der Waals surface area contributed by atoms with Gasteiger partial charge in [-0.25, -0.2) is 9.95 Å². The minimum absolute atomic E-state index is 0.387. The molecular weight excluding hydrogens is 166 g/mol. The summed E-state index contributed by atoms with van der Waals surface area (Å²) in [5.74, 6) is 0. The molecule has 0 spiro atoms. The van der Waals surface area contributed by atoms with Crippen LogP contribution in [0.25, 0.3) is 10.9 Å². The topological polar surface area (TPSA) is 46.0 Å². The van der Waals surface area contributed by atoms with E-state index in [2.05, 4.69) is 9.68 Å². The number of para-hydroxylation sites is 1. The zero-order chi connectivity index (χ0) is 7.84. The number of fused-ring (bicyclic) bond motifs is 1. The van der Waals surface area contributed by atoms with Gasteiger partial charge in [-0.15, -0.1) is 0 Å². The maximum Gasteiger partial charge on any atom is 0.365 e. The van der Waals surface area contributed by atoms with Gasteiger partial charge in [0.05, 0.1) is 10.4 Å². The highest BCUT2D eigenvalue weighted by molar-refractivity contribution is 6.34. The van der Waals surface area contributed by atoms with Crippen molar-refractivity contribution in [1.82, 2.24) is 5.16 Å². The first-order valence-corrected chi connectivity index (χ1v) is 3.42. The molecule has 0 saturated heterocycles. The molecule has 11 heavy (non-hydrogen) atoms. The summed E-state index contributed by atoms with van der Waals surface area (Å²) < 4.78 is 4.53. The Morgan fingerprint density at radius 3 is 3.00 bits per heavy atom. The quantitative estimate of drug-likeness (QED) is 0.654. The highest BCUT2D eigenvalue weighted by atomic mass is 35.5. The maximum atomic E-state index is 10.9. The maximum absolute atomic E-state index is 10.9. The Morgan fingerprint density at radius 2 is 2.27 bits per heavy atom. The lowest BCUT2D eigenvalue weighted by Gasteiger charge is -1.86. The average molecular weight is 170 g/mol. The second-order valence-corrected chi connectivity index (χ2v) is 2.56. The summed E-state index contributed by atoms with van der Waals surface area (Å²) in [5, 5.41) is 3.41. The number of H-pyrrole nitrogens is 1. The summed E-state index contributed by atoms with van der Waals surface area (Å²) in [5.41, 5.74) is 0.168. The van der Waals surface area contributed by atoms with Crippen LogP contribution in [0, 0.1) is 0 Å². The third-order valence-electron chi connectivity index (χ3n) is 1.48. The molecule has 2 aromatic rings. The van der Waals surface area contributed by atoms with E-state index in [0.29, 0.717) is 15.9 Å². The molecule has 0 unspecified atom stereocenters. The van der Waals surface area contributed by atoms with Gasteiger partial charge in [-0.1, -0.05) is 17.7 Å². The van der Waals surface area contributed by atoms with Crippen molar-refractivity contribution >= 4 is 22.5 Å². The van der Waals surface area contributed by atoms with Crippen molar-refractivity contribution in [2.24, 2.45) is 0 Å². The lowest BCUT2D eigenvalue weighted by Crippen LogP contribution is -1.89. The van der Waals surface area contributed by atoms with E-state index in [4.69, 9.17) is 11.6 Å². The molecule has 4 heteroatoms. The molecule has 1 aromatic carbocycles. The molecule has 0 saturated carbocycles. The molecule has 0 fully saturated rings. The first-order valence-electron chi connectivity index (χ1n) is 3.05. The second kappa shape index (κ2) is 2.13. The monoisotopic (exact) mass is 169 g/mol. The van der Waals surface area contributed by atoms with E-state index < -0.39 is 0 Å². The van der Waals surface area contributed by atoms with Gasteiger partial charge in [0.1, 0.15) is 5.52 Å². The molecule has 0 aliphatic rings. The van der Waals surface area contributed by atoms with E-state index in [1.54, 1.807) is 18.2 Å². The van der Waals surface area contributed by atoms with Gasteiger partial charge in [0.2, 0.25) is 0 Å². The smallest absolute Gasteiger partial charge is 0.338 e. The molecule has 0 amide bonds. The minimum Gasteiger partial charge on any atom is -0.338 e. The molecular formula is C7H4ClNO2. The fourth-order valence-electron chi connectivity index (χ4n) is 0.950. The lowest BCUT2D eigenvalue weighted by atomic mass is 10.3. The van der Waals surface area contributed by atoms with Gasteiger partial charge in [-0.3, -0.25) is 0 Å². The van der Waals surface area contributed by atoms with Crippen molar-refractivity contribution in [3.8, 4) is 0 Å². The Balaban J connectivity index is 3.06. The van der Waals surface area contributed by atoms with Crippen molar-refractivity contribution in [2.75, 3.05) is 0 Å². The number of aromatic nitrogens is 1. The Kier molecular flexibility index (Phi) is 1.26. The molecule has 3 nitrogen and oxygen atoms in total. The van der Waals surface area contributed by atoms with Gasteiger partial charge < -0.3 is 4.52 Å². The zero-order valence-electron chi connectivity index (χ0n) is 5.43. The van der Waals surface area contributed by atoms with E-state index in [-0.39, 0.29) is 5.63 Å². The summed E-state index contributed by atoms with van der Waals surface area (Å²) in [4.78, 5) is 10.9. The van der Waals surface area contributed by atoms with Crippen molar-refractivity contribution in [1.29, 1.82) is 0 Å². The van der Waals surface area contributed by atoms with E-state index in [9.17, 15) is 4.79 Å². The fraction of sp³-hybridized carbons (Fsp3) is 0. The summed E-state index contributed by atoms with van der Waals surface area (Å²) in [6.45, 7) is 0. The first kappa shape index (κ1) is 6.49. The first-order chi connectivity index (χ1) is 5.29. The molecule has 2 rings (SSSR count). The number of hydrogen-bond donors (Lipinski definition) is 1. The van der Waals surface area contributed by atoms with Crippen LogP contribution in [0.3, 0.4) is 0 Å². The van der Waals surface area contributed by atoms with Gasteiger partial charge in [0, 0.05) is 0 Å². The van der Waals surface area contributed by atoms with Gasteiger partial charge in [0.15, 0.2) is 0 Å². The number of aromatic amines is 1. The fourth-order valence-corrected chi connectivity index (χ4v) is 1.16. The summed E-state index contributed by atoms with van der Waals surface area (Å²) in [6.07, 6.45) is 0. The predicted molar refractivity (Wildman–Crippen MR) is 41.8 cm³/mol. The van der Waals surface area contributed by atoms with E-state index >= 15 is 0 Å². The molecule has 1 N–H and O–H groups in total. The molecule has 1 heterocycles. The zero-order valence-corrected chi connectivity index (χ0v) is 6.18. The minimum atomic E-state index is -0.387. The van der Waals surface area contributed by atoms with Crippen LogP contribution in [-0.4, -0.2) is 5.16 Å². The van der Waals surface area contributed by atoms with Crippen LogP contribution in [0.4, 0.5) is 0 Å². The summed E-state index contributed by atoms with van der Waals surface area (Å²) >= 11 is 5.74. The van der Waals surface area contributed by atoms with Gasteiger partial charge in [-0.05, 0) is 12.1 Å². The number of halogens is 1. The van der Waals surface area contributed by atoms with Crippen molar-refractivity contribution in [2.45, 2.75) is 0 Å². The predicted octanol–water partition coefficient (Wildman–Crippen LogP) is 1.77. The van der Waals surface area contributed by atoms with Crippen LogP contribution in [0.2, 0.25) is 5.02 Å². The van der Waals surface area contributed by atoms with E-state index in [1.165, 1.54) is 0 Å². The number of hydrogen-bond acceptors (Lipinski definition) is 2. The largest absolute Gasteiger partial charge is 0.365 e. The van der Waals surface area contributed by atoms with Crippen LogP contribution in [-0.2, 0) is 0 Å². The van der Waals surface area contributed by atoms with Crippen molar-refractivity contribution in [3.05, 3.63) is 33.6 Å². The van der Waals surface area contributed by atoms with Crippen LogP contribution < -0.4 is 5.63 Å². The van der Waals surface area contributed by atoms with Crippen LogP contribution >= 0.6 is 11.6 Å². The summed E-state index contributed by atoms with van der Waals surface area (Å²) in [6, 6.07) is 5.05. The van der Waals surface area contributed by atoms with Crippen LogP contribution in [0.15, 0.2) is 27.5 Å². The molecule has 0 aliphatic heterocycles. The third kappa shape index (κ3) is 0.851. The average Bonchev–Trinajstić information content (AvgIpc) is 2.35. The highest BCUT2D eigenvalue weighted by Gasteiger charge is 2.04. The normalized spacial score (nSPS) is 10.6. The lowest BCUT2D eigenvalue weighted by molar-refractivity contribution is 0.400. The summed E-state index contributed by atoms with van der Waals surface area (Å²) in [7, 11) is 0. The van der Waals surface area contributed by atoms with Crippen LogP contribution in [0.1, 0.15) is 0 Å². The number of benzene rings is 1. The molecule has 0 radical (unpaired) electrons. The Labute approximate surface area is 66.5 Å². The third-order valence-corrected chi connectivity index (χ3v) is 1.79. The van der Waals surface area contributed by atoms with Gasteiger partial charge >= 0.3 is 5.63 Å². The van der Waals surface area contributed by atoms with Gasteiger partial charge in [0.25, 0.3) is 0 Å². The standard InChI is InChI=1S/C7H4ClNO2/c8-5-3-1-2-4-6(5)9-11-7(4)10/h1-3,9H. The highest BCUT2D eigenvalue weighted by Crippen LogP contribution is 2.17. The number of rotatable bonds is 0. The van der Waals surface area contributed by atoms with Gasteiger partial charge in [-0.2, -0.15) is 0 Å². The van der Waals surface area contributed by atoms with Crippen molar-refractivity contribution in [3.63, 3.8) is 0 Å². The van der Waals surface area contributed by atoms with Crippen LogP contribution in [0.5, 0.6) is 0 Å². The Bertz CT molecular complexity index is 443. The molecule has 0 atom stereocenters. The van der Waals surface area contributed by atoms with Crippen molar-refractivity contribution < 1.29 is 4.52 Å². The Morgan fingerprint density at radius 1 is 1.45 bits per heavy atom. The number of nitrogens with one attached hydrogen (secondary N) is 1. The molecule has 1 aromatic heterocycles.